The summed E-state index contributed by atoms with van der Waals surface area (Å²) in [4.78, 5) is 15.5. The van der Waals surface area contributed by atoms with Crippen LogP contribution in [0.1, 0.15) is 11.4 Å². The standard InChI is InChI=1S/C50H31N3O/c1-3-11-35-26-37(21-16-31(35)8-1)38-24-25-45-44(28-38)48-39(13-7-15-46(48)54-45)30-47-51-49(40-22-17-32-9-2-4-12-36(32)27-40)53-50(52-47)41-23-20-34-19-18-33-10-5-6-14-42(33)43(34)29-41/h1-29H,30H2. The van der Waals surface area contributed by atoms with E-state index in [2.05, 4.69) is 170 Å². The molecule has 2 heterocycles. The number of furan rings is 1. The molecule has 0 fully saturated rings. The first-order valence-electron chi connectivity index (χ1n) is 18.3. The molecule has 0 atom stereocenters. The lowest BCUT2D eigenvalue weighted by Crippen LogP contribution is -2.04. The summed E-state index contributed by atoms with van der Waals surface area (Å²) < 4.78 is 6.44. The van der Waals surface area contributed by atoms with E-state index in [0.717, 1.165) is 49.6 Å². The van der Waals surface area contributed by atoms with Gasteiger partial charge in [-0.15, -0.1) is 0 Å². The third-order valence-corrected chi connectivity index (χ3v) is 10.7. The minimum Gasteiger partial charge on any atom is -0.456 e. The van der Waals surface area contributed by atoms with Crippen molar-refractivity contribution in [2.45, 2.75) is 6.42 Å². The first-order chi connectivity index (χ1) is 26.7. The van der Waals surface area contributed by atoms with Crippen LogP contribution in [-0.2, 0) is 6.42 Å². The van der Waals surface area contributed by atoms with Crippen molar-refractivity contribution in [3.63, 3.8) is 0 Å². The summed E-state index contributed by atoms with van der Waals surface area (Å²) in [5.41, 5.74) is 7.05. The molecule has 11 aromatic rings. The fraction of sp³-hybridized carbons (Fsp3) is 0.0200. The molecule has 0 N–H and O–H groups in total. The van der Waals surface area contributed by atoms with Crippen molar-refractivity contribution in [3.05, 3.63) is 187 Å². The lowest BCUT2D eigenvalue weighted by Gasteiger charge is -2.11. The van der Waals surface area contributed by atoms with Gasteiger partial charge in [0.15, 0.2) is 11.6 Å². The first kappa shape index (κ1) is 30.5. The molecule has 0 amide bonds. The number of fused-ring (bicyclic) bond motifs is 8. The molecular weight excluding hydrogens is 659 g/mol. The Kier molecular flexibility index (Phi) is 6.89. The zero-order valence-electron chi connectivity index (χ0n) is 29.2. The van der Waals surface area contributed by atoms with Crippen molar-refractivity contribution in [3.8, 4) is 33.9 Å². The van der Waals surface area contributed by atoms with Gasteiger partial charge >= 0.3 is 0 Å². The molecule has 0 saturated carbocycles. The van der Waals surface area contributed by atoms with E-state index in [1.807, 2.05) is 6.07 Å². The van der Waals surface area contributed by atoms with E-state index in [1.54, 1.807) is 0 Å². The maximum atomic E-state index is 6.44. The zero-order chi connectivity index (χ0) is 35.6. The predicted octanol–water partition coefficient (Wildman–Crippen LogP) is 13.0. The van der Waals surface area contributed by atoms with Crippen molar-refractivity contribution in [2.75, 3.05) is 0 Å². The Morgan fingerprint density at radius 1 is 0.352 bits per heavy atom. The summed E-state index contributed by atoms with van der Waals surface area (Å²) >= 11 is 0. The highest BCUT2D eigenvalue weighted by Crippen LogP contribution is 2.37. The van der Waals surface area contributed by atoms with E-state index >= 15 is 0 Å². The van der Waals surface area contributed by atoms with Crippen molar-refractivity contribution in [1.82, 2.24) is 15.0 Å². The SMILES string of the molecule is c1ccc2cc(-c3ccc4oc5cccc(Cc6nc(-c7ccc8ccccc8c7)nc(-c7ccc8ccc9ccccc9c8c7)n6)c5c4c3)ccc2c1. The molecule has 0 radical (unpaired) electrons. The smallest absolute Gasteiger partial charge is 0.163 e. The van der Waals surface area contributed by atoms with Gasteiger partial charge in [-0.3, -0.25) is 0 Å². The quantitative estimate of drug-likeness (QED) is 0.169. The first-order valence-corrected chi connectivity index (χ1v) is 18.3. The summed E-state index contributed by atoms with van der Waals surface area (Å²) in [5, 5.41) is 11.7. The second-order valence-corrected chi connectivity index (χ2v) is 14.0. The van der Waals surface area contributed by atoms with Crippen LogP contribution in [0.15, 0.2) is 180 Å². The van der Waals surface area contributed by atoms with Gasteiger partial charge in [-0.05, 0) is 96.2 Å². The third kappa shape index (κ3) is 5.19. The summed E-state index contributed by atoms with van der Waals surface area (Å²) in [6.07, 6.45) is 0.513. The highest BCUT2D eigenvalue weighted by molar-refractivity contribution is 6.09. The van der Waals surface area contributed by atoms with Crippen LogP contribution in [0.3, 0.4) is 0 Å². The fourth-order valence-corrected chi connectivity index (χ4v) is 7.99. The van der Waals surface area contributed by atoms with Gasteiger partial charge in [0.1, 0.15) is 17.0 Å². The molecule has 252 valence electrons. The Morgan fingerprint density at radius 2 is 0.889 bits per heavy atom. The molecule has 9 aromatic carbocycles. The average Bonchev–Trinajstić information content (AvgIpc) is 3.62. The molecule has 0 bridgehead atoms. The molecular formula is C50H31N3O. The Hall–Kier alpha value is -7.17. The molecule has 4 nitrogen and oxygen atoms in total. The summed E-state index contributed by atoms with van der Waals surface area (Å²) in [6, 6.07) is 62.1. The molecule has 0 aliphatic rings. The van der Waals surface area contributed by atoms with Gasteiger partial charge in [0.2, 0.25) is 0 Å². The van der Waals surface area contributed by atoms with Crippen LogP contribution in [0.4, 0.5) is 0 Å². The van der Waals surface area contributed by atoms with Gasteiger partial charge in [-0.25, -0.2) is 15.0 Å². The molecule has 11 rings (SSSR count). The number of nitrogens with zero attached hydrogens (tertiary/aromatic N) is 3. The van der Waals surface area contributed by atoms with Gasteiger partial charge in [0.25, 0.3) is 0 Å². The number of hydrogen-bond acceptors (Lipinski definition) is 4. The second kappa shape index (κ2) is 12.2. The molecule has 2 aromatic heterocycles. The van der Waals surface area contributed by atoms with Crippen LogP contribution in [0, 0.1) is 0 Å². The largest absolute Gasteiger partial charge is 0.456 e. The predicted molar refractivity (Wildman–Crippen MR) is 223 cm³/mol. The van der Waals surface area contributed by atoms with E-state index in [4.69, 9.17) is 19.4 Å². The van der Waals surface area contributed by atoms with Gasteiger partial charge < -0.3 is 4.42 Å². The van der Waals surface area contributed by atoms with Crippen molar-refractivity contribution in [1.29, 1.82) is 0 Å². The minimum atomic E-state index is 0.513. The lowest BCUT2D eigenvalue weighted by atomic mass is 9.98. The highest BCUT2D eigenvalue weighted by atomic mass is 16.3. The van der Waals surface area contributed by atoms with Crippen LogP contribution in [-0.4, -0.2) is 15.0 Å². The summed E-state index contributed by atoms with van der Waals surface area (Å²) in [7, 11) is 0. The molecule has 54 heavy (non-hydrogen) atoms. The Balaban J connectivity index is 1.07. The van der Waals surface area contributed by atoms with E-state index in [-0.39, 0.29) is 0 Å². The van der Waals surface area contributed by atoms with Crippen LogP contribution in [0.2, 0.25) is 0 Å². The normalized spacial score (nSPS) is 11.8. The van der Waals surface area contributed by atoms with Gasteiger partial charge in [-0.1, -0.05) is 140 Å². The Bertz CT molecular complexity index is 3270. The van der Waals surface area contributed by atoms with Crippen molar-refractivity contribution >= 4 is 65.0 Å². The van der Waals surface area contributed by atoms with Crippen molar-refractivity contribution < 1.29 is 4.42 Å². The lowest BCUT2D eigenvalue weighted by molar-refractivity contribution is 0.668. The van der Waals surface area contributed by atoms with Crippen LogP contribution < -0.4 is 0 Å². The third-order valence-electron chi connectivity index (χ3n) is 10.7. The number of aromatic nitrogens is 3. The maximum Gasteiger partial charge on any atom is 0.163 e. The number of benzene rings is 9. The van der Waals surface area contributed by atoms with Gasteiger partial charge in [-0.2, -0.15) is 0 Å². The van der Waals surface area contributed by atoms with Crippen LogP contribution in [0.25, 0.3) is 98.9 Å². The topological polar surface area (TPSA) is 51.8 Å². The summed E-state index contributed by atoms with van der Waals surface area (Å²) in [6.45, 7) is 0. The van der Waals surface area contributed by atoms with Crippen LogP contribution >= 0.6 is 0 Å². The fourth-order valence-electron chi connectivity index (χ4n) is 7.99. The molecule has 0 saturated heterocycles. The van der Waals surface area contributed by atoms with Crippen LogP contribution in [0.5, 0.6) is 0 Å². The number of rotatable bonds is 5. The molecule has 0 aliphatic carbocycles. The monoisotopic (exact) mass is 689 g/mol. The van der Waals surface area contributed by atoms with E-state index in [0.29, 0.717) is 23.9 Å². The summed E-state index contributed by atoms with van der Waals surface area (Å²) in [5.74, 6) is 2.01. The zero-order valence-corrected chi connectivity index (χ0v) is 29.2. The van der Waals surface area contributed by atoms with Crippen molar-refractivity contribution in [2.24, 2.45) is 0 Å². The molecule has 0 unspecified atom stereocenters. The maximum absolute atomic E-state index is 6.44. The van der Waals surface area contributed by atoms with E-state index in [1.165, 1.54) is 43.3 Å². The minimum absolute atomic E-state index is 0.513. The molecule has 0 spiro atoms. The average molecular weight is 690 g/mol. The highest BCUT2D eigenvalue weighted by Gasteiger charge is 2.17. The molecule has 0 aliphatic heterocycles. The van der Waals surface area contributed by atoms with E-state index in [9.17, 15) is 0 Å². The van der Waals surface area contributed by atoms with Gasteiger partial charge in [0.05, 0.1) is 0 Å². The van der Waals surface area contributed by atoms with Gasteiger partial charge in [0, 0.05) is 28.3 Å². The number of hydrogen-bond donors (Lipinski definition) is 0. The molecule has 4 heteroatoms. The van der Waals surface area contributed by atoms with E-state index < -0.39 is 0 Å². The Labute approximate surface area is 311 Å². The Morgan fingerprint density at radius 3 is 1.65 bits per heavy atom. The second-order valence-electron chi connectivity index (χ2n) is 14.0.